The molecule has 0 saturated carbocycles. The second-order valence-corrected chi connectivity index (χ2v) is 5.74. The topological polar surface area (TPSA) is 99.9 Å². The van der Waals surface area contributed by atoms with E-state index in [1.54, 1.807) is 11.8 Å². The predicted molar refractivity (Wildman–Crippen MR) is 81.9 cm³/mol. The molecule has 2 rings (SSSR count). The van der Waals surface area contributed by atoms with Gasteiger partial charge in [-0.05, 0) is 25.8 Å². The average Bonchev–Trinajstić information content (AvgIpc) is 2.86. The van der Waals surface area contributed by atoms with Crippen LogP contribution >= 0.6 is 0 Å². The Hall–Kier alpha value is -2.31. The third-order valence-electron chi connectivity index (χ3n) is 3.91. The SMILES string of the molecule is Cc1oc(CNC(=O)CN2CCCCCCC2=O)cc1C(=O)O. The molecule has 1 aromatic rings. The molecule has 126 valence electrons. The summed E-state index contributed by atoms with van der Waals surface area (Å²) >= 11 is 0. The predicted octanol–water partition coefficient (Wildman–Crippen LogP) is 1.70. The number of hydrogen-bond acceptors (Lipinski definition) is 4. The summed E-state index contributed by atoms with van der Waals surface area (Å²) in [5.41, 5.74) is 0.0909. The van der Waals surface area contributed by atoms with Crippen molar-refractivity contribution < 1.29 is 23.9 Å². The van der Waals surface area contributed by atoms with Crippen LogP contribution in [0.1, 0.15) is 54.0 Å². The van der Waals surface area contributed by atoms with Gasteiger partial charge < -0.3 is 19.7 Å². The van der Waals surface area contributed by atoms with Crippen LogP contribution < -0.4 is 5.32 Å². The first-order valence-corrected chi connectivity index (χ1v) is 7.84. The second kappa shape index (κ2) is 7.80. The van der Waals surface area contributed by atoms with E-state index in [-0.39, 0.29) is 30.5 Å². The number of carboxylic acids is 1. The van der Waals surface area contributed by atoms with E-state index < -0.39 is 5.97 Å². The van der Waals surface area contributed by atoms with Gasteiger partial charge in [-0.15, -0.1) is 0 Å². The average molecular weight is 322 g/mol. The Labute approximate surface area is 134 Å². The standard InChI is InChI=1S/C16H22N2O5/c1-11-13(16(21)22)8-12(23-11)9-17-14(19)10-18-7-5-3-2-4-6-15(18)20/h8H,2-7,9-10H2,1H3,(H,17,19)(H,21,22). The van der Waals surface area contributed by atoms with Crippen LogP contribution in [0.2, 0.25) is 0 Å². The molecule has 0 radical (unpaired) electrons. The summed E-state index contributed by atoms with van der Waals surface area (Å²) in [5.74, 6) is -0.630. The number of hydrogen-bond donors (Lipinski definition) is 2. The van der Waals surface area contributed by atoms with E-state index in [9.17, 15) is 14.4 Å². The van der Waals surface area contributed by atoms with Gasteiger partial charge in [0.25, 0.3) is 0 Å². The van der Waals surface area contributed by atoms with Gasteiger partial charge >= 0.3 is 5.97 Å². The van der Waals surface area contributed by atoms with E-state index in [0.717, 1.165) is 25.7 Å². The molecule has 1 aliphatic rings. The molecule has 2 heterocycles. The summed E-state index contributed by atoms with van der Waals surface area (Å²) in [7, 11) is 0. The van der Waals surface area contributed by atoms with Crippen molar-refractivity contribution >= 4 is 17.8 Å². The van der Waals surface area contributed by atoms with Crippen LogP contribution in [-0.4, -0.2) is 40.9 Å². The van der Waals surface area contributed by atoms with E-state index in [2.05, 4.69) is 5.32 Å². The van der Waals surface area contributed by atoms with Crippen molar-refractivity contribution in [3.8, 4) is 0 Å². The molecule has 2 amide bonds. The lowest BCUT2D eigenvalue weighted by Crippen LogP contribution is -2.41. The third kappa shape index (κ3) is 4.84. The fraction of sp³-hybridized carbons (Fsp3) is 0.562. The Kier molecular flexibility index (Phi) is 5.78. The maximum absolute atomic E-state index is 12.0. The zero-order chi connectivity index (χ0) is 16.8. The van der Waals surface area contributed by atoms with E-state index in [0.29, 0.717) is 24.5 Å². The number of nitrogens with one attached hydrogen (secondary N) is 1. The lowest BCUT2D eigenvalue weighted by molar-refractivity contribution is -0.136. The highest BCUT2D eigenvalue weighted by Gasteiger charge is 2.19. The Morgan fingerprint density at radius 1 is 1.30 bits per heavy atom. The molecule has 7 heteroatoms. The molecule has 0 spiro atoms. The molecule has 2 N–H and O–H groups in total. The first kappa shape index (κ1) is 17.1. The molecule has 1 aromatic heterocycles. The van der Waals surface area contributed by atoms with Gasteiger partial charge in [0.1, 0.15) is 17.1 Å². The van der Waals surface area contributed by atoms with Gasteiger partial charge in [-0.2, -0.15) is 0 Å². The van der Waals surface area contributed by atoms with Crippen molar-refractivity contribution in [1.82, 2.24) is 10.2 Å². The smallest absolute Gasteiger partial charge is 0.339 e. The number of carboxylic acid groups (broad SMARTS) is 1. The van der Waals surface area contributed by atoms with Gasteiger partial charge in [-0.1, -0.05) is 12.8 Å². The number of carbonyl (C=O) groups excluding carboxylic acids is 2. The van der Waals surface area contributed by atoms with Crippen molar-refractivity contribution in [2.75, 3.05) is 13.1 Å². The minimum Gasteiger partial charge on any atom is -0.478 e. The Balaban J connectivity index is 1.85. The maximum atomic E-state index is 12.0. The molecule has 1 saturated heterocycles. The number of likely N-dealkylation sites (tertiary alicyclic amines) is 1. The normalized spacial score (nSPS) is 15.9. The minimum atomic E-state index is -1.06. The number of amides is 2. The highest BCUT2D eigenvalue weighted by molar-refractivity contribution is 5.89. The summed E-state index contributed by atoms with van der Waals surface area (Å²) in [6.07, 6.45) is 4.43. The molecule has 0 aliphatic carbocycles. The number of rotatable bonds is 5. The van der Waals surface area contributed by atoms with Crippen LogP contribution in [0.4, 0.5) is 0 Å². The monoisotopic (exact) mass is 322 g/mol. The Bertz CT molecular complexity index is 593. The summed E-state index contributed by atoms with van der Waals surface area (Å²) in [4.78, 5) is 36.5. The Morgan fingerprint density at radius 2 is 2.04 bits per heavy atom. The minimum absolute atomic E-state index is 0.0156. The molecule has 0 aromatic carbocycles. The molecule has 7 nitrogen and oxygen atoms in total. The van der Waals surface area contributed by atoms with Gasteiger partial charge in [0.2, 0.25) is 11.8 Å². The number of aryl methyl sites for hydroxylation is 1. The molecular formula is C16H22N2O5. The Morgan fingerprint density at radius 3 is 2.74 bits per heavy atom. The van der Waals surface area contributed by atoms with Crippen molar-refractivity contribution in [3.05, 3.63) is 23.2 Å². The zero-order valence-electron chi connectivity index (χ0n) is 13.3. The first-order chi connectivity index (χ1) is 11.0. The van der Waals surface area contributed by atoms with E-state index in [1.165, 1.54) is 6.07 Å². The summed E-state index contributed by atoms with van der Waals surface area (Å²) in [5, 5.41) is 11.6. The van der Waals surface area contributed by atoms with Gasteiger partial charge in [-0.25, -0.2) is 4.79 Å². The van der Waals surface area contributed by atoms with Crippen molar-refractivity contribution in [1.29, 1.82) is 0 Å². The van der Waals surface area contributed by atoms with Crippen LogP contribution in [-0.2, 0) is 16.1 Å². The van der Waals surface area contributed by atoms with Crippen LogP contribution in [0.25, 0.3) is 0 Å². The highest BCUT2D eigenvalue weighted by Crippen LogP contribution is 2.14. The molecule has 0 atom stereocenters. The second-order valence-electron chi connectivity index (χ2n) is 5.74. The largest absolute Gasteiger partial charge is 0.478 e. The lowest BCUT2D eigenvalue weighted by atomic mass is 10.1. The van der Waals surface area contributed by atoms with E-state index >= 15 is 0 Å². The third-order valence-corrected chi connectivity index (χ3v) is 3.91. The van der Waals surface area contributed by atoms with Crippen molar-refractivity contribution in [3.63, 3.8) is 0 Å². The van der Waals surface area contributed by atoms with Crippen LogP contribution in [0.5, 0.6) is 0 Å². The zero-order valence-corrected chi connectivity index (χ0v) is 13.3. The lowest BCUT2D eigenvalue weighted by Gasteiger charge is -2.24. The van der Waals surface area contributed by atoms with Gasteiger partial charge in [0.05, 0.1) is 13.1 Å². The summed E-state index contributed by atoms with van der Waals surface area (Å²) < 4.78 is 5.30. The van der Waals surface area contributed by atoms with E-state index in [1.807, 2.05) is 0 Å². The first-order valence-electron chi connectivity index (χ1n) is 7.84. The maximum Gasteiger partial charge on any atom is 0.339 e. The van der Waals surface area contributed by atoms with E-state index in [4.69, 9.17) is 9.52 Å². The molecular weight excluding hydrogens is 300 g/mol. The molecule has 1 aliphatic heterocycles. The van der Waals surface area contributed by atoms with Crippen molar-refractivity contribution in [2.24, 2.45) is 0 Å². The van der Waals surface area contributed by atoms with Gasteiger partial charge in [0.15, 0.2) is 0 Å². The fourth-order valence-corrected chi connectivity index (χ4v) is 2.64. The fourth-order valence-electron chi connectivity index (χ4n) is 2.64. The number of carbonyl (C=O) groups is 3. The number of aromatic carboxylic acids is 1. The van der Waals surface area contributed by atoms with Crippen LogP contribution in [0, 0.1) is 6.92 Å². The summed E-state index contributed by atoms with van der Waals surface area (Å²) in [6, 6.07) is 1.40. The van der Waals surface area contributed by atoms with Gasteiger partial charge in [0, 0.05) is 13.0 Å². The van der Waals surface area contributed by atoms with Crippen molar-refractivity contribution in [2.45, 2.75) is 45.6 Å². The molecule has 1 fully saturated rings. The molecule has 0 unspecified atom stereocenters. The highest BCUT2D eigenvalue weighted by atomic mass is 16.4. The quantitative estimate of drug-likeness (QED) is 0.859. The number of nitrogens with zero attached hydrogens (tertiary/aromatic N) is 1. The molecule has 23 heavy (non-hydrogen) atoms. The molecule has 0 bridgehead atoms. The van der Waals surface area contributed by atoms with Crippen LogP contribution in [0.15, 0.2) is 10.5 Å². The van der Waals surface area contributed by atoms with Crippen LogP contribution in [0.3, 0.4) is 0 Å². The summed E-state index contributed by atoms with van der Waals surface area (Å²) in [6.45, 7) is 2.31. The van der Waals surface area contributed by atoms with Gasteiger partial charge in [-0.3, -0.25) is 9.59 Å². The number of furan rings is 1.